The Bertz CT molecular complexity index is 368. The summed E-state index contributed by atoms with van der Waals surface area (Å²) >= 11 is 0. The fraction of sp³-hybridized carbons (Fsp3) is 0.375. The van der Waals surface area contributed by atoms with Gasteiger partial charge in [-0.15, -0.1) is 0 Å². The predicted molar refractivity (Wildman–Crippen MR) is 43.3 cm³/mol. The van der Waals surface area contributed by atoms with E-state index in [1.165, 1.54) is 0 Å². The molecule has 0 radical (unpaired) electrons. The summed E-state index contributed by atoms with van der Waals surface area (Å²) < 4.78 is 75.1. The average molecular weight is 244 g/mol. The molecule has 0 fully saturated rings. The maximum atomic E-state index is 13.0. The Morgan fingerprint density at radius 1 is 1.06 bits per heavy atom. The molecule has 0 spiro atoms. The highest BCUT2D eigenvalue weighted by Gasteiger charge is 2.24. The zero-order chi connectivity index (χ0) is 12.5. The van der Waals surface area contributed by atoms with Crippen LogP contribution in [0.5, 0.6) is 0 Å². The van der Waals surface area contributed by atoms with Gasteiger partial charge in [-0.25, -0.2) is 8.78 Å². The highest BCUT2D eigenvalue weighted by Crippen LogP contribution is 2.25. The van der Waals surface area contributed by atoms with Gasteiger partial charge in [0.05, 0.1) is 6.54 Å². The van der Waals surface area contributed by atoms with Crippen molar-refractivity contribution >= 4 is 5.69 Å². The van der Waals surface area contributed by atoms with Crippen molar-refractivity contribution in [1.82, 2.24) is 4.98 Å². The molecule has 0 aliphatic carbocycles. The first-order chi connectivity index (χ1) is 7.34. The Hall–Kier alpha value is -1.47. The summed E-state index contributed by atoms with van der Waals surface area (Å²) in [5.74, 6) is -7.37. The second-order valence-corrected chi connectivity index (χ2v) is 2.94. The number of hydrogen-bond donors (Lipinski definition) is 0. The van der Waals surface area contributed by atoms with E-state index in [1.807, 2.05) is 0 Å². The summed E-state index contributed by atoms with van der Waals surface area (Å²) in [6, 6.07) is 0. The zero-order valence-electron chi connectivity index (χ0n) is 7.95. The monoisotopic (exact) mass is 244 g/mol. The third-order valence-electron chi connectivity index (χ3n) is 1.77. The number of alkyl halides is 2. The van der Waals surface area contributed by atoms with E-state index in [1.54, 1.807) is 0 Å². The van der Waals surface area contributed by atoms with Gasteiger partial charge in [-0.3, -0.25) is 0 Å². The molecule has 0 saturated carbocycles. The standard InChI is InChI=1S/C8H6F6N2/c1-16(2-3(9)10)6-4(11)7(13)15-8(14)5(6)12/h3H,2H2,1H3. The Balaban J connectivity index is 3.21. The van der Waals surface area contributed by atoms with Crippen LogP contribution in [-0.4, -0.2) is 25.0 Å². The minimum absolute atomic E-state index is 0.378. The summed E-state index contributed by atoms with van der Waals surface area (Å²) in [6.07, 6.45) is -2.90. The molecule has 8 heteroatoms. The first-order valence-corrected chi connectivity index (χ1v) is 4.03. The molecule has 1 rings (SSSR count). The maximum Gasteiger partial charge on any atom is 0.255 e. The van der Waals surface area contributed by atoms with Gasteiger partial charge in [0, 0.05) is 7.05 Å². The molecule has 1 aromatic heterocycles. The molecular formula is C8H6F6N2. The second kappa shape index (κ2) is 4.58. The van der Waals surface area contributed by atoms with Crippen molar-refractivity contribution in [3.05, 3.63) is 23.5 Å². The molecule has 90 valence electrons. The van der Waals surface area contributed by atoms with Crippen LogP contribution in [0.3, 0.4) is 0 Å². The smallest absolute Gasteiger partial charge is 0.255 e. The highest BCUT2D eigenvalue weighted by molar-refractivity contribution is 5.47. The van der Waals surface area contributed by atoms with E-state index >= 15 is 0 Å². The Morgan fingerprint density at radius 3 is 1.88 bits per heavy atom. The molecule has 0 unspecified atom stereocenters. The maximum absolute atomic E-state index is 13.0. The lowest BCUT2D eigenvalue weighted by molar-refractivity contribution is 0.156. The summed E-state index contributed by atoms with van der Waals surface area (Å²) in [7, 11) is 0.881. The normalized spacial score (nSPS) is 11.0. The third-order valence-corrected chi connectivity index (χ3v) is 1.77. The molecule has 0 aliphatic heterocycles. The molecule has 0 atom stereocenters. The molecular weight excluding hydrogens is 238 g/mol. The summed E-state index contributed by atoms with van der Waals surface area (Å²) in [5, 5.41) is 0. The van der Waals surface area contributed by atoms with E-state index in [0.717, 1.165) is 7.05 Å². The average Bonchev–Trinajstić information content (AvgIpc) is 2.14. The van der Waals surface area contributed by atoms with Gasteiger partial charge in [-0.05, 0) is 0 Å². The molecule has 0 saturated heterocycles. The molecule has 0 N–H and O–H groups in total. The number of aromatic nitrogens is 1. The lowest BCUT2D eigenvalue weighted by Crippen LogP contribution is -2.27. The van der Waals surface area contributed by atoms with Gasteiger partial charge in [0.2, 0.25) is 11.6 Å². The van der Waals surface area contributed by atoms with Crippen molar-refractivity contribution in [3.8, 4) is 0 Å². The van der Waals surface area contributed by atoms with Gasteiger partial charge in [0.15, 0.2) is 0 Å². The molecule has 0 aromatic carbocycles. The fourth-order valence-corrected chi connectivity index (χ4v) is 1.11. The van der Waals surface area contributed by atoms with Gasteiger partial charge in [-0.2, -0.15) is 22.5 Å². The van der Waals surface area contributed by atoms with E-state index in [-0.39, 0.29) is 0 Å². The van der Waals surface area contributed by atoms with Crippen molar-refractivity contribution in [3.63, 3.8) is 0 Å². The lowest BCUT2D eigenvalue weighted by Gasteiger charge is -2.19. The van der Waals surface area contributed by atoms with Crippen molar-refractivity contribution in [2.45, 2.75) is 6.43 Å². The van der Waals surface area contributed by atoms with Crippen molar-refractivity contribution < 1.29 is 26.3 Å². The van der Waals surface area contributed by atoms with Crippen LogP contribution in [0.1, 0.15) is 0 Å². The van der Waals surface area contributed by atoms with E-state index in [9.17, 15) is 26.3 Å². The first-order valence-electron chi connectivity index (χ1n) is 4.03. The lowest BCUT2D eigenvalue weighted by atomic mass is 10.3. The van der Waals surface area contributed by atoms with Crippen LogP contribution in [0.2, 0.25) is 0 Å². The molecule has 16 heavy (non-hydrogen) atoms. The van der Waals surface area contributed by atoms with Crippen molar-refractivity contribution in [2.24, 2.45) is 0 Å². The second-order valence-electron chi connectivity index (χ2n) is 2.94. The SMILES string of the molecule is CN(CC(F)F)c1c(F)c(F)nc(F)c1F. The molecule has 0 amide bonds. The van der Waals surface area contributed by atoms with E-state index in [4.69, 9.17) is 0 Å². The quantitative estimate of drug-likeness (QED) is 0.599. The predicted octanol–water partition coefficient (Wildman–Crippen LogP) is 2.34. The fourth-order valence-electron chi connectivity index (χ4n) is 1.11. The third kappa shape index (κ3) is 2.37. The summed E-state index contributed by atoms with van der Waals surface area (Å²) in [6.45, 7) is -1.06. The van der Waals surface area contributed by atoms with Crippen LogP contribution in [0.4, 0.5) is 32.0 Å². The van der Waals surface area contributed by atoms with Crippen LogP contribution in [0.25, 0.3) is 0 Å². The number of anilines is 1. The molecule has 0 aliphatic rings. The van der Waals surface area contributed by atoms with Crippen molar-refractivity contribution in [2.75, 3.05) is 18.5 Å². The molecule has 2 nitrogen and oxygen atoms in total. The molecule has 1 aromatic rings. The minimum atomic E-state index is -2.90. The first kappa shape index (κ1) is 12.6. The zero-order valence-corrected chi connectivity index (χ0v) is 7.95. The molecule has 0 bridgehead atoms. The Labute approximate surface area is 86.5 Å². The number of nitrogens with zero attached hydrogens (tertiary/aromatic N) is 2. The topological polar surface area (TPSA) is 16.1 Å². The van der Waals surface area contributed by atoms with Gasteiger partial charge < -0.3 is 4.90 Å². The van der Waals surface area contributed by atoms with Crippen LogP contribution >= 0.6 is 0 Å². The van der Waals surface area contributed by atoms with Crippen molar-refractivity contribution in [1.29, 1.82) is 0 Å². The van der Waals surface area contributed by atoms with Gasteiger partial charge in [0.1, 0.15) is 5.69 Å². The van der Waals surface area contributed by atoms with Crippen LogP contribution < -0.4 is 4.90 Å². The van der Waals surface area contributed by atoms with Crippen LogP contribution in [-0.2, 0) is 0 Å². The van der Waals surface area contributed by atoms with E-state index in [0.29, 0.717) is 4.90 Å². The van der Waals surface area contributed by atoms with E-state index < -0.39 is 42.2 Å². The van der Waals surface area contributed by atoms with E-state index in [2.05, 4.69) is 4.98 Å². The number of pyridine rings is 1. The van der Waals surface area contributed by atoms with Gasteiger partial charge >= 0.3 is 0 Å². The van der Waals surface area contributed by atoms with Gasteiger partial charge in [-0.1, -0.05) is 0 Å². The largest absolute Gasteiger partial charge is 0.364 e. The summed E-state index contributed by atoms with van der Waals surface area (Å²) in [4.78, 5) is 2.68. The Morgan fingerprint density at radius 2 is 1.50 bits per heavy atom. The highest BCUT2D eigenvalue weighted by atomic mass is 19.3. The van der Waals surface area contributed by atoms with Gasteiger partial charge in [0.25, 0.3) is 18.3 Å². The molecule has 1 heterocycles. The van der Waals surface area contributed by atoms with Crippen LogP contribution in [0.15, 0.2) is 0 Å². The number of halogens is 6. The number of hydrogen-bond acceptors (Lipinski definition) is 2. The number of rotatable bonds is 3. The summed E-state index contributed by atoms with van der Waals surface area (Å²) in [5.41, 5.74) is -1.20. The minimum Gasteiger partial charge on any atom is -0.364 e. The van der Waals surface area contributed by atoms with Crippen LogP contribution in [0, 0.1) is 23.5 Å². The Kier molecular flexibility index (Phi) is 3.61.